The Morgan fingerprint density at radius 3 is 2.44 bits per heavy atom. The number of halogens is 2. The van der Waals surface area contributed by atoms with Crippen LogP contribution < -0.4 is 10.6 Å². The molecule has 2 amide bonds. The lowest BCUT2D eigenvalue weighted by atomic mass is 9.83. The second-order valence-electron chi connectivity index (χ2n) is 5.92. The third-order valence-electron chi connectivity index (χ3n) is 4.21. The molecule has 138 valence electrons. The van der Waals surface area contributed by atoms with E-state index in [-0.39, 0.29) is 22.2 Å². The van der Waals surface area contributed by atoms with Crippen molar-refractivity contribution in [3.63, 3.8) is 0 Å². The van der Waals surface area contributed by atoms with Crippen LogP contribution in [0.4, 0.5) is 10.5 Å². The van der Waals surface area contributed by atoms with Crippen LogP contribution in [-0.2, 0) is 0 Å². The maximum absolute atomic E-state index is 13.0. The van der Waals surface area contributed by atoms with Crippen molar-refractivity contribution in [2.45, 2.75) is 6.04 Å². The molecule has 0 spiro atoms. The summed E-state index contributed by atoms with van der Waals surface area (Å²) < 4.78 is 0. The molecule has 1 aliphatic heterocycles. The molecule has 2 atom stereocenters. The molecule has 0 bridgehead atoms. The fourth-order valence-corrected chi connectivity index (χ4v) is 3.24. The number of carbonyl (C=O) groups excluding carboxylic acids is 2. The van der Waals surface area contributed by atoms with Gasteiger partial charge in [-0.2, -0.15) is 0 Å². The molecule has 27 heavy (non-hydrogen) atoms. The highest BCUT2D eigenvalue weighted by Crippen LogP contribution is 2.35. The number of hydrogen-bond donors (Lipinski definition) is 2. The number of nitro groups is 1. The summed E-state index contributed by atoms with van der Waals surface area (Å²) >= 11 is 11.7. The van der Waals surface area contributed by atoms with Crippen molar-refractivity contribution in [1.82, 2.24) is 10.6 Å². The van der Waals surface area contributed by atoms with Crippen molar-refractivity contribution >= 4 is 40.7 Å². The molecule has 2 N–H and O–H groups in total. The zero-order valence-corrected chi connectivity index (χ0v) is 15.3. The van der Waals surface area contributed by atoms with E-state index in [1.54, 1.807) is 24.3 Å². The smallest absolute Gasteiger partial charge is 0.319 e. The SMILES string of the molecule is C=C1NC(=O)N[C@H](c2ccc(Cl)c([N+](=O)[O-])c2)[C@@H]1C(=O)c1ccc(Cl)cc1. The molecule has 2 aromatic carbocycles. The topological polar surface area (TPSA) is 101 Å². The van der Waals surface area contributed by atoms with E-state index >= 15 is 0 Å². The zero-order chi connectivity index (χ0) is 19.7. The Hall–Kier alpha value is -2.90. The van der Waals surface area contributed by atoms with Crippen LogP contribution in [0.1, 0.15) is 22.0 Å². The van der Waals surface area contributed by atoms with Crippen molar-refractivity contribution in [2.24, 2.45) is 5.92 Å². The Morgan fingerprint density at radius 2 is 1.81 bits per heavy atom. The van der Waals surface area contributed by atoms with Crippen LogP contribution in [-0.4, -0.2) is 16.7 Å². The average Bonchev–Trinajstić information content (AvgIpc) is 2.61. The van der Waals surface area contributed by atoms with Crippen molar-refractivity contribution in [1.29, 1.82) is 0 Å². The first kappa shape index (κ1) is 18.9. The lowest BCUT2D eigenvalue weighted by Crippen LogP contribution is -2.50. The summed E-state index contributed by atoms with van der Waals surface area (Å²) in [7, 11) is 0. The first-order valence-corrected chi connectivity index (χ1v) is 8.53. The minimum absolute atomic E-state index is 0.0385. The van der Waals surface area contributed by atoms with E-state index in [1.807, 2.05) is 0 Å². The van der Waals surface area contributed by atoms with Gasteiger partial charge >= 0.3 is 6.03 Å². The van der Waals surface area contributed by atoms with Gasteiger partial charge < -0.3 is 10.6 Å². The maximum Gasteiger partial charge on any atom is 0.319 e. The van der Waals surface area contributed by atoms with Gasteiger partial charge in [-0.1, -0.05) is 35.8 Å². The number of hydrogen-bond acceptors (Lipinski definition) is 4. The Morgan fingerprint density at radius 1 is 1.15 bits per heavy atom. The van der Waals surface area contributed by atoms with E-state index < -0.39 is 22.9 Å². The van der Waals surface area contributed by atoms with Gasteiger partial charge in [-0.15, -0.1) is 0 Å². The lowest BCUT2D eigenvalue weighted by Gasteiger charge is -2.34. The van der Waals surface area contributed by atoms with E-state index in [1.165, 1.54) is 18.2 Å². The summed E-state index contributed by atoms with van der Waals surface area (Å²) in [5, 5.41) is 16.7. The number of nitro benzene ring substituents is 1. The summed E-state index contributed by atoms with van der Waals surface area (Å²) in [6.07, 6.45) is 0. The molecule has 0 aliphatic carbocycles. The normalized spacial score (nSPS) is 19.2. The Kier molecular flexibility index (Phi) is 5.16. The van der Waals surface area contributed by atoms with E-state index in [2.05, 4.69) is 17.2 Å². The quantitative estimate of drug-likeness (QED) is 0.450. The van der Waals surface area contributed by atoms with Crippen LogP contribution in [0.5, 0.6) is 0 Å². The highest BCUT2D eigenvalue weighted by atomic mass is 35.5. The van der Waals surface area contributed by atoms with Gasteiger partial charge in [-0.3, -0.25) is 14.9 Å². The van der Waals surface area contributed by atoms with Gasteiger partial charge in [0.25, 0.3) is 5.69 Å². The molecule has 0 aromatic heterocycles. The first-order valence-electron chi connectivity index (χ1n) is 7.78. The highest BCUT2D eigenvalue weighted by molar-refractivity contribution is 6.32. The molecule has 1 fully saturated rings. The minimum atomic E-state index is -0.871. The fourth-order valence-electron chi connectivity index (χ4n) is 2.93. The predicted octanol–water partition coefficient (Wildman–Crippen LogP) is 4.27. The molecule has 0 saturated carbocycles. The first-order chi connectivity index (χ1) is 12.8. The number of benzene rings is 2. The molecule has 1 aliphatic rings. The Labute approximate surface area is 164 Å². The molecule has 0 unspecified atom stereocenters. The minimum Gasteiger partial charge on any atom is -0.330 e. The van der Waals surface area contributed by atoms with Crippen LogP contribution in [0.3, 0.4) is 0 Å². The molecule has 1 saturated heterocycles. The van der Waals surface area contributed by atoms with Gasteiger partial charge in [0, 0.05) is 22.3 Å². The van der Waals surface area contributed by atoms with Crippen molar-refractivity contribution < 1.29 is 14.5 Å². The third-order valence-corrected chi connectivity index (χ3v) is 4.78. The average molecular weight is 406 g/mol. The lowest BCUT2D eigenvalue weighted by molar-refractivity contribution is -0.384. The van der Waals surface area contributed by atoms with Gasteiger partial charge in [0.2, 0.25) is 0 Å². The maximum atomic E-state index is 13.0. The Balaban J connectivity index is 2.05. The van der Waals surface area contributed by atoms with Crippen molar-refractivity contribution in [3.8, 4) is 0 Å². The number of urea groups is 1. The molecular weight excluding hydrogens is 393 g/mol. The summed E-state index contributed by atoms with van der Waals surface area (Å²) in [6.45, 7) is 3.78. The summed E-state index contributed by atoms with van der Waals surface area (Å²) in [5.74, 6) is -1.18. The largest absolute Gasteiger partial charge is 0.330 e. The van der Waals surface area contributed by atoms with Crippen LogP contribution in [0.2, 0.25) is 10.0 Å². The molecule has 7 nitrogen and oxygen atoms in total. The number of amides is 2. The molecule has 0 radical (unpaired) electrons. The number of nitrogens with one attached hydrogen (secondary N) is 2. The standard InChI is InChI=1S/C18H13Cl2N3O4/c1-9-15(17(24)10-2-5-12(19)6-3-10)16(22-18(25)21-9)11-4-7-13(20)14(8-11)23(26)27/h2-8,15-16H,1H2,(H2,21,22,25)/t15-,16-/m1/s1. The number of rotatable bonds is 4. The van der Waals surface area contributed by atoms with Gasteiger partial charge in [0.05, 0.1) is 16.9 Å². The van der Waals surface area contributed by atoms with Crippen LogP contribution in [0, 0.1) is 16.0 Å². The number of carbonyl (C=O) groups is 2. The van der Waals surface area contributed by atoms with E-state index in [0.29, 0.717) is 16.1 Å². The predicted molar refractivity (Wildman–Crippen MR) is 101 cm³/mol. The third kappa shape index (κ3) is 3.79. The van der Waals surface area contributed by atoms with Crippen molar-refractivity contribution in [3.05, 3.63) is 86.0 Å². The number of ketones is 1. The molecule has 9 heteroatoms. The van der Waals surface area contributed by atoms with Gasteiger partial charge in [0.1, 0.15) is 5.02 Å². The molecule has 3 rings (SSSR count). The Bertz CT molecular complexity index is 960. The summed E-state index contributed by atoms with van der Waals surface area (Å²) in [6, 6.07) is 9.02. The number of Topliss-reactive ketones (excluding diaryl/α,β-unsaturated/α-hetero) is 1. The van der Waals surface area contributed by atoms with Crippen LogP contribution >= 0.6 is 23.2 Å². The fraction of sp³-hybridized carbons (Fsp3) is 0.111. The second kappa shape index (κ2) is 7.38. The molecular formula is C18H13Cl2N3O4. The van der Waals surface area contributed by atoms with Crippen molar-refractivity contribution in [2.75, 3.05) is 0 Å². The molecule has 1 heterocycles. The summed E-state index contributed by atoms with van der Waals surface area (Å²) in [4.78, 5) is 35.5. The second-order valence-corrected chi connectivity index (χ2v) is 6.76. The van der Waals surface area contributed by atoms with Crippen LogP contribution in [0.25, 0.3) is 0 Å². The monoisotopic (exact) mass is 405 g/mol. The van der Waals surface area contributed by atoms with Crippen LogP contribution in [0.15, 0.2) is 54.7 Å². The van der Waals surface area contributed by atoms with E-state index in [9.17, 15) is 19.7 Å². The van der Waals surface area contributed by atoms with Gasteiger partial charge in [0.15, 0.2) is 5.78 Å². The highest BCUT2D eigenvalue weighted by Gasteiger charge is 2.38. The van der Waals surface area contributed by atoms with Gasteiger partial charge in [-0.05, 0) is 35.9 Å². The van der Waals surface area contributed by atoms with E-state index in [4.69, 9.17) is 23.2 Å². The zero-order valence-electron chi connectivity index (χ0n) is 13.7. The number of nitrogens with zero attached hydrogens (tertiary/aromatic N) is 1. The van der Waals surface area contributed by atoms with Gasteiger partial charge in [-0.25, -0.2) is 4.79 Å². The summed E-state index contributed by atoms with van der Waals surface area (Å²) in [5.41, 5.74) is 0.623. The van der Waals surface area contributed by atoms with E-state index in [0.717, 1.165) is 0 Å². The molecule has 2 aromatic rings.